The molecule has 1 fully saturated rings. The molecule has 1 aliphatic heterocycles. The van der Waals surface area contributed by atoms with Crippen LogP contribution < -0.4 is 5.43 Å². The molecule has 0 aromatic heterocycles. The molecule has 0 spiro atoms. The SMILES string of the molecule is Cc1ccc(S(=O)(=O)N2CCN(CC(=O)N/N=C/c3cccc(C)c3)CC2)cc1. The van der Waals surface area contributed by atoms with Gasteiger partial charge in [-0.1, -0.05) is 47.5 Å². The number of carbonyl (C=O) groups is 1. The molecule has 29 heavy (non-hydrogen) atoms. The van der Waals surface area contributed by atoms with E-state index < -0.39 is 10.0 Å². The van der Waals surface area contributed by atoms with Crippen LogP contribution in [0.3, 0.4) is 0 Å². The summed E-state index contributed by atoms with van der Waals surface area (Å²) in [6.07, 6.45) is 1.61. The van der Waals surface area contributed by atoms with Gasteiger partial charge in [-0.2, -0.15) is 9.41 Å². The first-order valence-electron chi connectivity index (χ1n) is 9.52. The van der Waals surface area contributed by atoms with Crippen LogP contribution in [-0.4, -0.2) is 62.5 Å². The number of aryl methyl sites for hydroxylation is 2. The van der Waals surface area contributed by atoms with Gasteiger partial charge >= 0.3 is 0 Å². The second kappa shape index (κ2) is 9.30. The predicted octanol–water partition coefficient (Wildman–Crippen LogP) is 1.76. The molecule has 0 bridgehead atoms. The summed E-state index contributed by atoms with van der Waals surface area (Å²) < 4.78 is 26.9. The van der Waals surface area contributed by atoms with Crippen LogP contribution in [0.25, 0.3) is 0 Å². The van der Waals surface area contributed by atoms with E-state index in [4.69, 9.17) is 0 Å². The first-order chi connectivity index (χ1) is 13.8. The Hall–Kier alpha value is -2.55. The topological polar surface area (TPSA) is 82.1 Å². The van der Waals surface area contributed by atoms with Gasteiger partial charge < -0.3 is 0 Å². The fourth-order valence-corrected chi connectivity index (χ4v) is 4.58. The number of amides is 1. The molecule has 0 radical (unpaired) electrons. The lowest BCUT2D eigenvalue weighted by Crippen LogP contribution is -2.50. The maximum Gasteiger partial charge on any atom is 0.254 e. The predicted molar refractivity (Wildman–Crippen MR) is 113 cm³/mol. The molecule has 8 heteroatoms. The molecular weight excluding hydrogens is 388 g/mol. The minimum Gasteiger partial charge on any atom is -0.292 e. The minimum absolute atomic E-state index is 0.184. The molecule has 1 amide bonds. The number of rotatable bonds is 6. The molecular formula is C21H26N4O3S. The lowest BCUT2D eigenvalue weighted by atomic mass is 10.2. The second-order valence-electron chi connectivity index (χ2n) is 7.20. The zero-order valence-corrected chi connectivity index (χ0v) is 17.5. The standard InChI is InChI=1S/C21H26N4O3S/c1-17-6-8-20(9-7-17)29(27,28)25-12-10-24(11-13-25)16-21(26)23-22-15-19-5-3-4-18(2)14-19/h3-9,14-15H,10-13,16H2,1-2H3,(H,23,26)/b22-15+. The van der Waals surface area contributed by atoms with E-state index >= 15 is 0 Å². The van der Waals surface area contributed by atoms with E-state index in [0.29, 0.717) is 31.1 Å². The molecule has 1 N–H and O–H groups in total. The van der Waals surface area contributed by atoms with E-state index in [1.807, 2.05) is 43.0 Å². The van der Waals surface area contributed by atoms with Crippen LogP contribution in [0, 0.1) is 13.8 Å². The van der Waals surface area contributed by atoms with Crippen LogP contribution in [0.2, 0.25) is 0 Å². The van der Waals surface area contributed by atoms with E-state index in [1.165, 1.54) is 4.31 Å². The Morgan fingerprint density at radius 2 is 1.72 bits per heavy atom. The summed E-state index contributed by atoms with van der Waals surface area (Å²) in [7, 11) is -3.50. The maximum atomic E-state index is 12.7. The summed E-state index contributed by atoms with van der Waals surface area (Å²) in [6, 6.07) is 14.7. The van der Waals surface area contributed by atoms with Gasteiger partial charge in [-0.3, -0.25) is 9.69 Å². The minimum atomic E-state index is -3.50. The quantitative estimate of drug-likeness (QED) is 0.577. The number of nitrogens with one attached hydrogen (secondary N) is 1. The van der Waals surface area contributed by atoms with E-state index in [0.717, 1.165) is 16.7 Å². The van der Waals surface area contributed by atoms with Crippen molar-refractivity contribution in [2.75, 3.05) is 32.7 Å². The third-order valence-corrected chi connectivity index (χ3v) is 6.72. The third kappa shape index (κ3) is 5.72. The van der Waals surface area contributed by atoms with Crippen LogP contribution in [0.4, 0.5) is 0 Å². The highest BCUT2D eigenvalue weighted by molar-refractivity contribution is 7.89. The Kier molecular flexibility index (Phi) is 6.79. The van der Waals surface area contributed by atoms with E-state index in [9.17, 15) is 13.2 Å². The van der Waals surface area contributed by atoms with Crippen LogP contribution in [0.15, 0.2) is 58.5 Å². The third-order valence-electron chi connectivity index (χ3n) is 4.80. The van der Waals surface area contributed by atoms with Crippen LogP contribution in [0.1, 0.15) is 16.7 Å². The number of benzene rings is 2. The van der Waals surface area contributed by atoms with Gasteiger partial charge in [0.2, 0.25) is 10.0 Å². The number of hydrazone groups is 1. The number of hydrogen-bond donors (Lipinski definition) is 1. The normalized spacial score (nSPS) is 16.2. The van der Waals surface area contributed by atoms with Gasteiger partial charge in [-0.15, -0.1) is 0 Å². The van der Waals surface area contributed by atoms with Gasteiger partial charge in [-0.25, -0.2) is 13.8 Å². The van der Waals surface area contributed by atoms with Crippen molar-refractivity contribution in [1.82, 2.24) is 14.6 Å². The lowest BCUT2D eigenvalue weighted by Gasteiger charge is -2.33. The highest BCUT2D eigenvalue weighted by Crippen LogP contribution is 2.18. The molecule has 0 saturated carbocycles. The van der Waals surface area contributed by atoms with Crippen molar-refractivity contribution in [3.05, 3.63) is 65.2 Å². The fourth-order valence-electron chi connectivity index (χ4n) is 3.15. The highest BCUT2D eigenvalue weighted by atomic mass is 32.2. The van der Waals surface area contributed by atoms with Crippen molar-refractivity contribution in [3.63, 3.8) is 0 Å². The monoisotopic (exact) mass is 414 g/mol. The molecule has 0 atom stereocenters. The molecule has 1 aliphatic rings. The van der Waals surface area contributed by atoms with Crippen LogP contribution in [0.5, 0.6) is 0 Å². The zero-order valence-electron chi connectivity index (χ0n) is 16.7. The molecule has 7 nitrogen and oxygen atoms in total. The number of piperazine rings is 1. The summed E-state index contributed by atoms with van der Waals surface area (Å²) in [5, 5.41) is 3.99. The lowest BCUT2D eigenvalue weighted by molar-refractivity contribution is -0.122. The van der Waals surface area contributed by atoms with Crippen LogP contribution in [-0.2, 0) is 14.8 Å². The fraction of sp³-hybridized carbons (Fsp3) is 0.333. The molecule has 3 rings (SSSR count). The van der Waals surface area contributed by atoms with Gasteiger partial charge in [0, 0.05) is 26.2 Å². The Morgan fingerprint density at radius 3 is 2.38 bits per heavy atom. The number of sulfonamides is 1. The summed E-state index contributed by atoms with van der Waals surface area (Å²) in [6.45, 7) is 5.82. The number of nitrogens with zero attached hydrogens (tertiary/aromatic N) is 3. The molecule has 1 saturated heterocycles. The Morgan fingerprint density at radius 1 is 1.03 bits per heavy atom. The zero-order chi connectivity index (χ0) is 20.9. The maximum absolute atomic E-state index is 12.7. The van der Waals surface area contributed by atoms with Crippen molar-refractivity contribution >= 4 is 22.1 Å². The van der Waals surface area contributed by atoms with Crippen molar-refractivity contribution in [2.24, 2.45) is 5.10 Å². The molecule has 1 heterocycles. The van der Waals surface area contributed by atoms with Crippen molar-refractivity contribution in [1.29, 1.82) is 0 Å². The van der Waals surface area contributed by atoms with E-state index in [-0.39, 0.29) is 12.5 Å². The van der Waals surface area contributed by atoms with Crippen molar-refractivity contribution < 1.29 is 13.2 Å². The first kappa shape index (κ1) is 21.2. The smallest absolute Gasteiger partial charge is 0.254 e. The largest absolute Gasteiger partial charge is 0.292 e. The van der Waals surface area contributed by atoms with E-state index in [2.05, 4.69) is 10.5 Å². The van der Waals surface area contributed by atoms with Gasteiger partial charge in [0.25, 0.3) is 5.91 Å². The Balaban J connectivity index is 1.48. The molecule has 0 aliphatic carbocycles. The second-order valence-corrected chi connectivity index (χ2v) is 9.14. The first-order valence-corrected chi connectivity index (χ1v) is 11.0. The summed E-state index contributed by atoms with van der Waals surface area (Å²) in [5.74, 6) is -0.219. The number of carbonyl (C=O) groups excluding carboxylic acids is 1. The number of hydrogen-bond acceptors (Lipinski definition) is 5. The van der Waals surface area contributed by atoms with Crippen molar-refractivity contribution in [2.45, 2.75) is 18.7 Å². The van der Waals surface area contributed by atoms with Gasteiger partial charge in [-0.05, 0) is 31.5 Å². The average Bonchev–Trinajstić information content (AvgIpc) is 2.69. The highest BCUT2D eigenvalue weighted by Gasteiger charge is 2.28. The summed E-state index contributed by atoms with van der Waals surface area (Å²) in [5.41, 5.74) is 5.59. The van der Waals surface area contributed by atoms with Gasteiger partial charge in [0.15, 0.2) is 0 Å². The Bertz CT molecular complexity index is 979. The molecule has 0 unspecified atom stereocenters. The van der Waals surface area contributed by atoms with Crippen LogP contribution >= 0.6 is 0 Å². The molecule has 2 aromatic carbocycles. The summed E-state index contributed by atoms with van der Waals surface area (Å²) >= 11 is 0. The van der Waals surface area contributed by atoms with E-state index in [1.54, 1.807) is 30.5 Å². The summed E-state index contributed by atoms with van der Waals surface area (Å²) in [4.78, 5) is 14.3. The molecule has 2 aromatic rings. The van der Waals surface area contributed by atoms with Gasteiger partial charge in [0.05, 0.1) is 17.7 Å². The average molecular weight is 415 g/mol. The van der Waals surface area contributed by atoms with Gasteiger partial charge in [0.1, 0.15) is 0 Å². The van der Waals surface area contributed by atoms with Crippen molar-refractivity contribution in [3.8, 4) is 0 Å². The molecule has 154 valence electrons. The Labute approximate surface area is 172 Å².